The van der Waals surface area contributed by atoms with Gasteiger partial charge in [0.05, 0.1) is 6.04 Å². The van der Waals surface area contributed by atoms with Crippen molar-refractivity contribution < 1.29 is 4.79 Å². The van der Waals surface area contributed by atoms with E-state index in [4.69, 9.17) is 11.6 Å². The summed E-state index contributed by atoms with van der Waals surface area (Å²) in [4.78, 5) is 13.3. The molecule has 0 aliphatic heterocycles. The molecule has 0 radical (unpaired) electrons. The van der Waals surface area contributed by atoms with Crippen LogP contribution in [0.4, 0.5) is 0 Å². The van der Waals surface area contributed by atoms with Gasteiger partial charge in [0.1, 0.15) is 5.38 Å². The van der Waals surface area contributed by atoms with E-state index in [0.717, 1.165) is 16.9 Å². The van der Waals surface area contributed by atoms with E-state index in [9.17, 15) is 4.79 Å². The van der Waals surface area contributed by atoms with Crippen molar-refractivity contribution in [2.24, 2.45) is 0 Å². The molecule has 0 aliphatic carbocycles. The van der Waals surface area contributed by atoms with Gasteiger partial charge in [0.15, 0.2) is 0 Å². The third-order valence-electron chi connectivity index (χ3n) is 2.93. The zero-order valence-corrected chi connectivity index (χ0v) is 12.2. The molecular formula is C15H16ClNOS. The zero-order valence-electron chi connectivity index (χ0n) is 10.7. The van der Waals surface area contributed by atoms with E-state index in [0.29, 0.717) is 0 Å². The molecule has 1 aromatic heterocycles. The second-order valence-electron chi connectivity index (χ2n) is 4.26. The highest BCUT2D eigenvalue weighted by molar-refractivity contribution is 7.10. The molecule has 2 rings (SSSR count). The SMILES string of the molecule is CCC(NC(=O)C(Cl)c1ccccc1)c1cccs1. The number of carbonyl (C=O) groups excluding carboxylic acids is 1. The molecule has 0 bridgehead atoms. The largest absolute Gasteiger partial charge is 0.347 e. The second-order valence-corrected chi connectivity index (χ2v) is 5.67. The van der Waals surface area contributed by atoms with Crippen LogP contribution in [0.2, 0.25) is 0 Å². The van der Waals surface area contributed by atoms with Crippen molar-refractivity contribution >= 4 is 28.8 Å². The average Bonchev–Trinajstić information content (AvgIpc) is 2.98. The van der Waals surface area contributed by atoms with Gasteiger partial charge in [-0.3, -0.25) is 4.79 Å². The lowest BCUT2D eigenvalue weighted by atomic mass is 10.1. The fourth-order valence-corrected chi connectivity index (χ4v) is 2.95. The number of halogens is 1. The molecule has 1 aromatic carbocycles. The van der Waals surface area contributed by atoms with E-state index in [1.165, 1.54) is 0 Å². The predicted molar refractivity (Wildman–Crippen MR) is 80.5 cm³/mol. The summed E-state index contributed by atoms with van der Waals surface area (Å²) in [6, 6.07) is 13.5. The normalized spacial score (nSPS) is 13.8. The molecule has 0 saturated heterocycles. The van der Waals surface area contributed by atoms with Crippen molar-refractivity contribution in [3.63, 3.8) is 0 Å². The van der Waals surface area contributed by atoms with Crippen molar-refractivity contribution in [2.45, 2.75) is 24.8 Å². The van der Waals surface area contributed by atoms with Gasteiger partial charge < -0.3 is 5.32 Å². The molecule has 1 amide bonds. The van der Waals surface area contributed by atoms with Crippen LogP contribution in [0.25, 0.3) is 0 Å². The first kappa shape index (κ1) is 14.1. The lowest BCUT2D eigenvalue weighted by Crippen LogP contribution is -2.30. The molecule has 100 valence electrons. The van der Waals surface area contributed by atoms with Crippen LogP contribution in [0.15, 0.2) is 47.8 Å². The molecule has 0 fully saturated rings. The van der Waals surface area contributed by atoms with Crippen LogP contribution in [0.3, 0.4) is 0 Å². The lowest BCUT2D eigenvalue weighted by Gasteiger charge is -2.18. The molecule has 1 heterocycles. The van der Waals surface area contributed by atoms with E-state index in [1.54, 1.807) is 11.3 Å². The molecule has 1 N–H and O–H groups in total. The first-order valence-electron chi connectivity index (χ1n) is 6.25. The summed E-state index contributed by atoms with van der Waals surface area (Å²) in [6.07, 6.45) is 0.852. The van der Waals surface area contributed by atoms with Crippen LogP contribution in [0.5, 0.6) is 0 Å². The summed E-state index contributed by atoms with van der Waals surface area (Å²) in [5.74, 6) is -0.145. The Balaban J connectivity index is 2.04. The lowest BCUT2D eigenvalue weighted by molar-refractivity contribution is -0.121. The van der Waals surface area contributed by atoms with Crippen LogP contribution >= 0.6 is 22.9 Å². The maximum atomic E-state index is 12.2. The number of nitrogens with one attached hydrogen (secondary N) is 1. The maximum absolute atomic E-state index is 12.2. The fourth-order valence-electron chi connectivity index (χ4n) is 1.88. The van der Waals surface area contributed by atoms with Crippen molar-refractivity contribution in [3.8, 4) is 0 Å². The Kier molecular flexibility index (Phi) is 5.00. The summed E-state index contributed by atoms with van der Waals surface area (Å²) in [5, 5.41) is 4.38. The molecule has 0 aliphatic rings. The molecule has 0 spiro atoms. The van der Waals surface area contributed by atoms with Crippen molar-refractivity contribution in [2.75, 3.05) is 0 Å². The minimum atomic E-state index is -0.643. The zero-order chi connectivity index (χ0) is 13.7. The van der Waals surface area contributed by atoms with E-state index >= 15 is 0 Å². The number of hydrogen-bond donors (Lipinski definition) is 1. The molecule has 0 saturated carbocycles. The van der Waals surface area contributed by atoms with E-state index in [2.05, 4.69) is 12.2 Å². The summed E-state index contributed by atoms with van der Waals surface area (Å²) in [6.45, 7) is 2.05. The Hall–Kier alpha value is -1.32. The van der Waals surface area contributed by atoms with Gasteiger partial charge in [-0.15, -0.1) is 22.9 Å². The number of benzene rings is 1. The van der Waals surface area contributed by atoms with Gasteiger partial charge in [-0.05, 0) is 23.4 Å². The van der Waals surface area contributed by atoms with Crippen molar-refractivity contribution in [3.05, 3.63) is 58.3 Å². The van der Waals surface area contributed by atoms with Gasteiger partial charge in [0.25, 0.3) is 0 Å². The fraction of sp³-hybridized carbons (Fsp3) is 0.267. The number of carbonyl (C=O) groups is 1. The average molecular weight is 294 g/mol. The van der Waals surface area contributed by atoms with Crippen LogP contribution < -0.4 is 5.32 Å². The van der Waals surface area contributed by atoms with Gasteiger partial charge in [-0.2, -0.15) is 0 Å². The van der Waals surface area contributed by atoms with Gasteiger partial charge in [0, 0.05) is 4.88 Å². The second kappa shape index (κ2) is 6.73. The monoisotopic (exact) mass is 293 g/mol. The summed E-state index contributed by atoms with van der Waals surface area (Å²) in [5.41, 5.74) is 0.822. The van der Waals surface area contributed by atoms with Gasteiger partial charge in [-0.1, -0.05) is 43.3 Å². The minimum Gasteiger partial charge on any atom is -0.347 e. The molecule has 2 unspecified atom stereocenters. The Labute approximate surface area is 122 Å². The number of hydrogen-bond acceptors (Lipinski definition) is 2. The van der Waals surface area contributed by atoms with E-state index in [1.807, 2.05) is 47.8 Å². The molecule has 2 atom stereocenters. The highest BCUT2D eigenvalue weighted by Gasteiger charge is 2.21. The highest BCUT2D eigenvalue weighted by Crippen LogP contribution is 2.25. The minimum absolute atomic E-state index is 0.0393. The van der Waals surface area contributed by atoms with Crippen LogP contribution in [-0.2, 0) is 4.79 Å². The first-order valence-corrected chi connectivity index (χ1v) is 7.56. The van der Waals surface area contributed by atoms with Crippen molar-refractivity contribution in [1.29, 1.82) is 0 Å². The van der Waals surface area contributed by atoms with Crippen LogP contribution in [0, 0.1) is 0 Å². The van der Waals surface area contributed by atoms with Crippen LogP contribution in [0.1, 0.15) is 35.2 Å². The smallest absolute Gasteiger partial charge is 0.243 e. The third kappa shape index (κ3) is 3.58. The Morgan fingerprint density at radius 1 is 1.26 bits per heavy atom. The van der Waals surface area contributed by atoms with Crippen LogP contribution in [-0.4, -0.2) is 5.91 Å². The Bertz CT molecular complexity index is 512. The highest BCUT2D eigenvalue weighted by atomic mass is 35.5. The van der Waals surface area contributed by atoms with E-state index in [-0.39, 0.29) is 11.9 Å². The molecular weight excluding hydrogens is 278 g/mol. The maximum Gasteiger partial charge on any atom is 0.243 e. The molecule has 4 heteroatoms. The van der Waals surface area contributed by atoms with Crippen molar-refractivity contribution in [1.82, 2.24) is 5.32 Å². The predicted octanol–water partition coefficient (Wildman–Crippen LogP) is 4.30. The van der Waals surface area contributed by atoms with Gasteiger partial charge in [0.2, 0.25) is 5.91 Å². The number of thiophene rings is 1. The quantitative estimate of drug-likeness (QED) is 0.818. The Morgan fingerprint density at radius 2 is 2.00 bits per heavy atom. The summed E-state index contributed by atoms with van der Waals surface area (Å²) >= 11 is 7.86. The standard InChI is InChI=1S/C15H16ClNOS/c1-2-12(13-9-6-10-19-13)17-15(18)14(16)11-7-4-3-5-8-11/h3-10,12,14H,2H2,1H3,(H,17,18). The number of rotatable bonds is 5. The first-order chi connectivity index (χ1) is 9.22. The molecule has 19 heavy (non-hydrogen) atoms. The molecule has 2 nitrogen and oxygen atoms in total. The number of amides is 1. The summed E-state index contributed by atoms with van der Waals surface area (Å²) < 4.78 is 0. The Morgan fingerprint density at radius 3 is 2.58 bits per heavy atom. The van der Waals surface area contributed by atoms with E-state index < -0.39 is 5.38 Å². The number of alkyl halides is 1. The van der Waals surface area contributed by atoms with Gasteiger partial charge >= 0.3 is 0 Å². The topological polar surface area (TPSA) is 29.1 Å². The third-order valence-corrected chi connectivity index (χ3v) is 4.37. The van der Waals surface area contributed by atoms with Gasteiger partial charge in [-0.25, -0.2) is 0 Å². The molecule has 2 aromatic rings. The summed E-state index contributed by atoms with van der Waals surface area (Å²) in [7, 11) is 0.